The van der Waals surface area contributed by atoms with E-state index < -0.39 is 0 Å². The lowest BCUT2D eigenvalue weighted by Crippen LogP contribution is -2.33. The first-order valence-electron chi connectivity index (χ1n) is 7.75. The summed E-state index contributed by atoms with van der Waals surface area (Å²) >= 11 is 6.32. The zero-order valence-corrected chi connectivity index (χ0v) is 13.6. The Morgan fingerprint density at radius 1 is 1.45 bits per heavy atom. The molecule has 1 aromatic heterocycles. The molecule has 1 aliphatic rings. The van der Waals surface area contributed by atoms with Gasteiger partial charge in [0.1, 0.15) is 5.82 Å². The monoisotopic (exact) mass is 295 g/mol. The van der Waals surface area contributed by atoms with Gasteiger partial charge in [-0.2, -0.15) is 0 Å². The van der Waals surface area contributed by atoms with Crippen molar-refractivity contribution in [1.29, 1.82) is 0 Å². The topological polar surface area (TPSA) is 28.2 Å². The molecular weight excluding hydrogens is 270 g/mol. The van der Waals surface area contributed by atoms with Crippen LogP contribution in [-0.4, -0.2) is 29.0 Å². The van der Waals surface area contributed by atoms with Crippen LogP contribution in [0.5, 0.6) is 0 Å². The molecule has 1 N–H and O–H groups in total. The molecule has 0 bridgehead atoms. The van der Waals surface area contributed by atoms with Crippen LogP contribution in [0.1, 0.15) is 45.7 Å². The summed E-state index contributed by atoms with van der Waals surface area (Å²) in [5.41, 5.74) is 1.00. The van der Waals surface area contributed by atoms with Crippen molar-refractivity contribution in [2.45, 2.75) is 52.6 Å². The normalized spacial score (nSPS) is 19.8. The lowest BCUT2D eigenvalue weighted by Gasteiger charge is -2.27. The standard InChI is InChI=1S/C16H26ClN3/c1-4-9-18-16-8-7-13(17)14(19-16)11-20-10-5-6-15(20)12(2)3/h7-8,12,15H,4-6,9-11H2,1-3H3,(H,18,19). The molecule has 1 saturated heterocycles. The zero-order chi connectivity index (χ0) is 14.5. The molecule has 0 aromatic carbocycles. The van der Waals surface area contributed by atoms with Gasteiger partial charge in [-0.15, -0.1) is 0 Å². The second-order valence-electron chi connectivity index (χ2n) is 5.98. The molecule has 112 valence electrons. The molecule has 1 aromatic rings. The maximum Gasteiger partial charge on any atom is 0.126 e. The minimum absolute atomic E-state index is 0.667. The largest absolute Gasteiger partial charge is 0.370 e. The van der Waals surface area contributed by atoms with Crippen molar-refractivity contribution in [3.63, 3.8) is 0 Å². The fraction of sp³-hybridized carbons (Fsp3) is 0.688. The number of halogens is 1. The van der Waals surface area contributed by atoms with E-state index in [1.165, 1.54) is 12.8 Å². The number of pyridine rings is 1. The summed E-state index contributed by atoms with van der Waals surface area (Å²) in [4.78, 5) is 7.21. The third-order valence-corrected chi connectivity index (χ3v) is 4.36. The summed E-state index contributed by atoms with van der Waals surface area (Å²) in [7, 11) is 0. The lowest BCUT2D eigenvalue weighted by molar-refractivity contribution is 0.197. The number of likely N-dealkylation sites (tertiary alicyclic amines) is 1. The summed E-state index contributed by atoms with van der Waals surface area (Å²) in [6.07, 6.45) is 3.68. The van der Waals surface area contributed by atoms with Crippen LogP contribution >= 0.6 is 11.6 Å². The third-order valence-electron chi connectivity index (χ3n) is 4.01. The number of nitrogens with zero attached hydrogens (tertiary/aromatic N) is 2. The molecule has 0 spiro atoms. The summed E-state index contributed by atoms with van der Waals surface area (Å²) in [6, 6.07) is 4.59. The molecule has 3 nitrogen and oxygen atoms in total. The molecule has 0 aliphatic carbocycles. The summed E-state index contributed by atoms with van der Waals surface area (Å²) in [5.74, 6) is 1.63. The molecule has 4 heteroatoms. The SMILES string of the molecule is CCCNc1ccc(Cl)c(CN2CCCC2C(C)C)n1. The number of nitrogens with one attached hydrogen (secondary N) is 1. The Morgan fingerprint density at radius 3 is 2.95 bits per heavy atom. The van der Waals surface area contributed by atoms with E-state index in [-0.39, 0.29) is 0 Å². The second-order valence-corrected chi connectivity index (χ2v) is 6.38. The maximum atomic E-state index is 6.32. The van der Waals surface area contributed by atoms with Crippen LogP contribution in [0, 0.1) is 5.92 Å². The molecule has 1 fully saturated rings. The minimum atomic E-state index is 0.667. The highest BCUT2D eigenvalue weighted by Crippen LogP contribution is 2.27. The molecule has 20 heavy (non-hydrogen) atoms. The van der Waals surface area contributed by atoms with Gasteiger partial charge in [0.15, 0.2) is 0 Å². The van der Waals surface area contributed by atoms with Crippen LogP contribution in [0.25, 0.3) is 0 Å². The number of aromatic nitrogens is 1. The summed E-state index contributed by atoms with van der Waals surface area (Å²) in [5, 5.41) is 4.11. The molecule has 1 atom stereocenters. The van der Waals surface area contributed by atoms with Gasteiger partial charge in [-0.05, 0) is 43.9 Å². The van der Waals surface area contributed by atoms with Crippen LogP contribution < -0.4 is 5.32 Å². The van der Waals surface area contributed by atoms with Crippen molar-refractivity contribution in [3.05, 3.63) is 22.8 Å². The molecule has 2 heterocycles. The fourth-order valence-electron chi connectivity index (χ4n) is 2.94. The first-order chi connectivity index (χ1) is 9.61. The van der Waals surface area contributed by atoms with Crippen molar-refractivity contribution in [2.24, 2.45) is 5.92 Å². The van der Waals surface area contributed by atoms with Gasteiger partial charge in [0.25, 0.3) is 0 Å². The van der Waals surface area contributed by atoms with E-state index in [4.69, 9.17) is 11.6 Å². The number of hydrogen-bond donors (Lipinski definition) is 1. The zero-order valence-electron chi connectivity index (χ0n) is 12.8. The quantitative estimate of drug-likeness (QED) is 0.853. The molecule has 0 saturated carbocycles. The Hall–Kier alpha value is -0.800. The second kappa shape index (κ2) is 7.28. The number of rotatable bonds is 6. The van der Waals surface area contributed by atoms with Gasteiger partial charge in [-0.1, -0.05) is 32.4 Å². The highest BCUT2D eigenvalue weighted by Gasteiger charge is 2.27. The van der Waals surface area contributed by atoms with Crippen LogP contribution in [0.3, 0.4) is 0 Å². The average molecular weight is 296 g/mol. The maximum absolute atomic E-state index is 6.32. The average Bonchev–Trinajstić information content (AvgIpc) is 2.88. The number of anilines is 1. The van der Waals surface area contributed by atoms with Crippen LogP contribution in [0.15, 0.2) is 12.1 Å². The summed E-state index contributed by atoms with van der Waals surface area (Å²) < 4.78 is 0. The summed E-state index contributed by atoms with van der Waals surface area (Å²) in [6.45, 7) is 9.74. The van der Waals surface area contributed by atoms with Crippen LogP contribution in [0.2, 0.25) is 5.02 Å². The Balaban J connectivity index is 2.07. The third kappa shape index (κ3) is 3.86. The Morgan fingerprint density at radius 2 is 2.25 bits per heavy atom. The molecule has 2 rings (SSSR count). The molecule has 1 aliphatic heterocycles. The predicted octanol–water partition coefficient (Wildman–Crippen LogP) is 4.18. The number of hydrogen-bond acceptors (Lipinski definition) is 3. The molecule has 0 amide bonds. The van der Waals surface area contributed by atoms with Gasteiger partial charge in [0.2, 0.25) is 0 Å². The van der Waals surface area contributed by atoms with E-state index in [0.29, 0.717) is 12.0 Å². The molecular formula is C16H26ClN3. The van der Waals surface area contributed by atoms with Gasteiger partial charge in [0, 0.05) is 19.1 Å². The Labute approximate surface area is 127 Å². The van der Waals surface area contributed by atoms with Crippen LogP contribution in [-0.2, 0) is 6.54 Å². The highest BCUT2D eigenvalue weighted by molar-refractivity contribution is 6.31. The van der Waals surface area contributed by atoms with Gasteiger partial charge in [-0.3, -0.25) is 4.90 Å². The van der Waals surface area contributed by atoms with Gasteiger partial charge in [-0.25, -0.2) is 4.98 Å². The van der Waals surface area contributed by atoms with E-state index in [1.807, 2.05) is 12.1 Å². The van der Waals surface area contributed by atoms with Gasteiger partial charge in [0.05, 0.1) is 10.7 Å². The Kier molecular flexibility index (Phi) is 5.67. The van der Waals surface area contributed by atoms with Crippen molar-refractivity contribution < 1.29 is 0 Å². The first-order valence-corrected chi connectivity index (χ1v) is 8.13. The van der Waals surface area contributed by atoms with E-state index >= 15 is 0 Å². The lowest BCUT2D eigenvalue weighted by atomic mass is 10.0. The van der Waals surface area contributed by atoms with Gasteiger partial charge >= 0.3 is 0 Å². The van der Waals surface area contributed by atoms with E-state index in [0.717, 1.165) is 42.6 Å². The van der Waals surface area contributed by atoms with Crippen molar-refractivity contribution >= 4 is 17.4 Å². The first kappa shape index (κ1) is 15.6. The highest BCUT2D eigenvalue weighted by atomic mass is 35.5. The van der Waals surface area contributed by atoms with E-state index in [1.54, 1.807) is 0 Å². The minimum Gasteiger partial charge on any atom is -0.370 e. The van der Waals surface area contributed by atoms with Crippen molar-refractivity contribution in [3.8, 4) is 0 Å². The Bertz CT molecular complexity index is 434. The molecule has 1 unspecified atom stereocenters. The van der Waals surface area contributed by atoms with Crippen molar-refractivity contribution in [1.82, 2.24) is 9.88 Å². The molecule has 0 radical (unpaired) electrons. The van der Waals surface area contributed by atoms with E-state index in [2.05, 4.69) is 36.0 Å². The van der Waals surface area contributed by atoms with Crippen molar-refractivity contribution in [2.75, 3.05) is 18.4 Å². The van der Waals surface area contributed by atoms with Crippen LogP contribution in [0.4, 0.5) is 5.82 Å². The van der Waals surface area contributed by atoms with Gasteiger partial charge < -0.3 is 5.32 Å². The fourth-order valence-corrected chi connectivity index (χ4v) is 3.11. The smallest absolute Gasteiger partial charge is 0.126 e. The van der Waals surface area contributed by atoms with E-state index in [9.17, 15) is 0 Å². The predicted molar refractivity (Wildman–Crippen MR) is 86.3 cm³/mol.